The number of carbonyl (C=O) groups is 1. The van der Waals surface area contributed by atoms with E-state index in [0.717, 1.165) is 12.8 Å². The first-order valence-electron chi connectivity index (χ1n) is 9.36. The van der Waals surface area contributed by atoms with E-state index < -0.39 is 8.32 Å². The van der Waals surface area contributed by atoms with Gasteiger partial charge >= 0.3 is 0 Å². The number of aromatic nitrogens is 2. The minimum atomic E-state index is -1.86. The molecule has 1 aromatic carbocycles. The highest BCUT2D eigenvalue weighted by Gasteiger charge is 2.37. The Hall–Kier alpha value is -1.96. The summed E-state index contributed by atoms with van der Waals surface area (Å²) in [6.45, 7) is 11.8. The van der Waals surface area contributed by atoms with E-state index in [1.807, 2.05) is 10.6 Å². The van der Waals surface area contributed by atoms with Gasteiger partial charge in [0.25, 0.3) is 5.91 Å². The third-order valence-electron chi connectivity index (χ3n) is 5.44. The predicted octanol–water partition coefficient (Wildman–Crippen LogP) is 3.68. The molecule has 2 aromatic rings. The average Bonchev–Trinajstić information content (AvgIpc) is 3.11. The fourth-order valence-electron chi connectivity index (χ4n) is 2.55. The highest BCUT2D eigenvalue weighted by Crippen LogP contribution is 2.37. The van der Waals surface area contributed by atoms with E-state index in [4.69, 9.17) is 10.3 Å². The van der Waals surface area contributed by atoms with Crippen molar-refractivity contribution in [1.29, 1.82) is 0 Å². The molecular weight excluding hydrogens is 356 g/mol. The molecular formula is C20H32N4O2Si. The van der Waals surface area contributed by atoms with Gasteiger partial charge in [0.05, 0.1) is 19.0 Å². The van der Waals surface area contributed by atoms with Gasteiger partial charge in [0, 0.05) is 6.20 Å². The molecule has 0 aliphatic rings. The molecule has 1 aromatic heterocycles. The van der Waals surface area contributed by atoms with Crippen LogP contribution in [-0.4, -0.2) is 30.4 Å². The number of benzene rings is 1. The molecule has 1 unspecified atom stereocenters. The summed E-state index contributed by atoms with van der Waals surface area (Å²) in [6, 6.07) is 10.5. The van der Waals surface area contributed by atoms with Crippen LogP contribution in [0.25, 0.3) is 0 Å². The zero-order valence-electron chi connectivity index (χ0n) is 17.0. The summed E-state index contributed by atoms with van der Waals surface area (Å²) in [7, 11) is -1.86. The summed E-state index contributed by atoms with van der Waals surface area (Å²) in [5.41, 5.74) is 3.73. The van der Waals surface area contributed by atoms with E-state index in [2.05, 4.69) is 68.5 Å². The van der Waals surface area contributed by atoms with Crippen molar-refractivity contribution in [2.45, 2.75) is 57.8 Å². The Morgan fingerprint density at radius 2 is 1.96 bits per heavy atom. The zero-order chi connectivity index (χ0) is 20.1. The van der Waals surface area contributed by atoms with Gasteiger partial charge in [0.15, 0.2) is 8.32 Å². The lowest BCUT2D eigenvalue weighted by Gasteiger charge is -2.37. The van der Waals surface area contributed by atoms with Crippen LogP contribution in [0.1, 0.15) is 49.3 Å². The summed E-state index contributed by atoms with van der Waals surface area (Å²) >= 11 is 0. The van der Waals surface area contributed by atoms with Gasteiger partial charge in [-0.3, -0.25) is 10.2 Å². The molecule has 0 spiro atoms. The maximum Gasteiger partial charge on any atom is 0.285 e. The van der Waals surface area contributed by atoms with Crippen LogP contribution >= 0.6 is 0 Å². The Balaban J connectivity index is 2.15. The van der Waals surface area contributed by atoms with E-state index in [1.165, 1.54) is 5.56 Å². The van der Waals surface area contributed by atoms with Crippen LogP contribution in [0.15, 0.2) is 42.9 Å². The number of nitrogens with zero attached hydrogens (tertiary/aromatic N) is 2. The Bertz CT molecular complexity index is 738. The van der Waals surface area contributed by atoms with E-state index in [1.54, 1.807) is 12.5 Å². The smallest absolute Gasteiger partial charge is 0.285 e. The number of rotatable bonds is 8. The number of amides is 1. The van der Waals surface area contributed by atoms with Crippen molar-refractivity contribution < 1.29 is 9.22 Å². The van der Waals surface area contributed by atoms with E-state index in [0.29, 0.717) is 12.3 Å². The SMILES string of the molecule is CC(C)(C)[Si](C)(C)OCC(CCc1ccccc1)n1cnc(C(=O)NN)c1. The van der Waals surface area contributed by atoms with Gasteiger partial charge in [-0.05, 0) is 36.5 Å². The highest BCUT2D eigenvalue weighted by molar-refractivity contribution is 6.74. The lowest BCUT2D eigenvalue weighted by Crippen LogP contribution is -2.42. The summed E-state index contributed by atoms with van der Waals surface area (Å²) in [5, 5.41) is 0.149. The molecule has 6 nitrogen and oxygen atoms in total. The second-order valence-corrected chi connectivity index (χ2v) is 13.2. The molecule has 0 radical (unpaired) electrons. The molecule has 1 heterocycles. The lowest BCUT2D eigenvalue weighted by atomic mass is 10.1. The zero-order valence-corrected chi connectivity index (χ0v) is 18.0. The first kappa shape index (κ1) is 21.3. The van der Waals surface area contributed by atoms with Crippen LogP contribution in [0.2, 0.25) is 18.1 Å². The quantitative estimate of drug-likeness (QED) is 0.313. The number of imidazole rings is 1. The van der Waals surface area contributed by atoms with Crippen LogP contribution in [0.5, 0.6) is 0 Å². The lowest BCUT2D eigenvalue weighted by molar-refractivity contribution is 0.0949. The van der Waals surface area contributed by atoms with E-state index >= 15 is 0 Å². The van der Waals surface area contributed by atoms with Crippen molar-refractivity contribution in [3.8, 4) is 0 Å². The fourth-order valence-corrected chi connectivity index (χ4v) is 3.59. The summed E-state index contributed by atoms with van der Waals surface area (Å²) in [5.74, 6) is 4.83. The Kier molecular flexibility index (Phi) is 6.97. The van der Waals surface area contributed by atoms with Crippen molar-refractivity contribution in [1.82, 2.24) is 15.0 Å². The number of hydrazine groups is 1. The van der Waals surface area contributed by atoms with Gasteiger partial charge in [-0.2, -0.15) is 0 Å². The Morgan fingerprint density at radius 1 is 1.30 bits per heavy atom. The molecule has 7 heteroatoms. The van der Waals surface area contributed by atoms with Gasteiger partial charge < -0.3 is 8.99 Å². The Labute approximate surface area is 163 Å². The molecule has 0 fully saturated rings. The summed E-state index contributed by atoms with van der Waals surface area (Å²) in [6.07, 6.45) is 5.27. The van der Waals surface area contributed by atoms with E-state index in [-0.39, 0.29) is 17.0 Å². The van der Waals surface area contributed by atoms with Gasteiger partial charge in [-0.1, -0.05) is 51.1 Å². The van der Waals surface area contributed by atoms with Crippen molar-refractivity contribution in [2.24, 2.45) is 5.84 Å². The van der Waals surface area contributed by atoms with Gasteiger partial charge in [0.1, 0.15) is 5.69 Å². The largest absolute Gasteiger partial charge is 0.415 e. The third-order valence-corrected chi connectivity index (χ3v) is 9.94. The van der Waals surface area contributed by atoms with Crippen LogP contribution < -0.4 is 11.3 Å². The van der Waals surface area contributed by atoms with Crippen molar-refractivity contribution in [3.63, 3.8) is 0 Å². The minimum absolute atomic E-state index is 0.103. The topological polar surface area (TPSA) is 82.2 Å². The fraction of sp³-hybridized carbons (Fsp3) is 0.500. The molecule has 0 saturated carbocycles. The van der Waals surface area contributed by atoms with Crippen LogP contribution in [0.4, 0.5) is 0 Å². The van der Waals surface area contributed by atoms with Gasteiger partial charge in [0.2, 0.25) is 0 Å². The van der Waals surface area contributed by atoms with Crippen molar-refractivity contribution >= 4 is 14.2 Å². The number of carbonyl (C=O) groups excluding carboxylic acids is 1. The monoisotopic (exact) mass is 388 g/mol. The molecule has 148 valence electrons. The third kappa shape index (κ3) is 5.75. The number of nitrogens with two attached hydrogens (primary N) is 1. The number of hydrogen-bond donors (Lipinski definition) is 2. The second-order valence-electron chi connectivity index (χ2n) is 8.43. The van der Waals surface area contributed by atoms with E-state index in [9.17, 15) is 4.79 Å². The average molecular weight is 389 g/mol. The number of nitrogen functional groups attached to an aromatic ring is 1. The van der Waals surface area contributed by atoms with Crippen LogP contribution in [0, 0.1) is 0 Å². The standard InChI is InChI=1S/C20H32N4O2Si/c1-20(2,3)27(4,5)26-14-17(12-11-16-9-7-6-8-10-16)24-13-18(22-15-24)19(25)23-21/h6-10,13,15,17H,11-12,14,21H2,1-5H3,(H,23,25). The molecule has 0 aliphatic heterocycles. The molecule has 0 aliphatic carbocycles. The van der Waals surface area contributed by atoms with Crippen molar-refractivity contribution in [3.05, 3.63) is 54.1 Å². The van der Waals surface area contributed by atoms with Gasteiger partial charge in [-0.15, -0.1) is 0 Å². The van der Waals surface area contributed by atoms with Crippen LogP contribution in [0.3, 0.4) is 0 Å². The molecule has 27 heavy (non-hydrogen) atoms. The van der Waals surface area contributed by atoms with Crippen molar-refractivity contribution in [2.75, 3.05) is 6.61 Å². The maximum atomic E-state index is 11.7. The van der Waals surface area contributed by atoms with Gasteiger partial charge in [-0.25, -0.2) is 10.8 Å². The first-order valence-corrected chi connectivity index (χ1v) is 12.3. The predicted molar refractivity (Wildman–Crippen MR) is 111 cm³/mol. The van der Waals surface area contributed by atoms with Crippen LogP contribution in [-0.2, 0) is 10.8 Å². The molecule has 0 bridgehead atoms. The maximum absolute atomic E-state index is 11.7. The number of nitrogens with one attached hydrogen (secondary N) is 1. The molecule has 1 amide bonds. The summed E-state index contributed by atoms with van der Waals surface area (Å²) in [4.78, 5) is 15.9. The second kappa shape index (κ2) is 8.82. The Morgan fingerprint density at radius 3 is 2.56 bits per heavy atom. The minimum Gasteiger partial charge on any atom is -0.415 e. The highest BCUT2D eigenvalue weighted by atomic mass is 28.4. The number of aryl methyl sites for hydroxylation is 1. The first-order chi connectivity index (χ1) is 12.6. The molecule has 0 saturated heterocycles. The normalized spacial score (nSPS) is 13.4. The molecule has 2 rings (SSSR count). The molecule has 3 N–H and O–H groups in total. The summed E-state index contributed by atoms with van der Waals surface area (Å²) < 4.78 is 8.43. The molecule has 1 atom stereocenters. The number of hydrogen-bond acceptors (Lipinski definition) is 4.